The first kappa shape index (κ1) is 14.3. The molecule has 0 saturated carbocycles. The molecule has 6 nitrogen and oxygen atoms in total. The molecule has 0 aliphatic rings. The lowest BCUT2D eigenvalue weighted by molar-refractivity contribution is 0.0951. The van der Waals surface area contributed by atoms with Crippen LogP contribution in [0, 0.1) is 0 Å². The highest BCUT2D eigenvalue weighted by Gasteiger charge is 2.18. The maximum Gasteiger partial charge on any atom is 0.273 e. The molecule has 6 heteroatoms. The van der Waals surface area contributed by atoms with Crippen molar-refractivity contribution in [3.05, 3.63) is 53.9 Å². The number of nitrogens with zero attached hydrogens (tertiary/aromatic N) is 1. The SMILES string of the molecule is CCNC(=O)c1coc(C(N)Cc2c[nH]c3ccccc23)n1. The summed E-state index contributed by atoms with van der Waals surface area (Å²) in [6.45, 7) is 2.39. The van der Waals surface area contributed by atoms with Gasteiger partial charge < -0.3 is 20.5 Å². The van der Waals surface area contributed by atoms with Crippen molar-refractivity contribution < 1.29 is 9.21 Å². The molecule has 114 valence electrons. The van der Waals surface area contributed by atoms with Gasteiger partial charge in [-0.3, -0.25) is 4.79 Å². The Morgan fingerprint density at radius 3 is 3.09 bits per heavy atom. The molecule has 0 radical (unpaired) electrons. The number of aromatic amines is 1. The largest absolute Gasteiger partial charge is 0.446 e. The molecule has 1 aromatic carbocycles. The van der Waals surface area contributed by atoms with Crippen molar-refractivity contribution in [2.24, 2.45) is 5.73 Å². The van der Waals surface area contributed by atoms with Gasteiger partial charge in [-0.15, -0.1) is 0 Å². The Morgan fingerprint density at radius 2 is 2.27 bits per heavy atom. The minimum atomic E-state index is -0.401. The Labute approximate surface area is 127 Å². The van der Waals surface area contributed by atoms with E-state index in [1.54, 1.807) is 0 Å². The number of nitrogens with one attached hydrogen (secondary N) is 2. The summed E-state index contributed by atoms with van der Waals surface area (Å²) in [7, 11) is 0. The molecule has 2 aromatic heterocycles. The number of carbonyl (C=O) groups excluding carboxylic acids is 1. The fourth-order valence-electron chi connectivity index (χ4n) is 2.44. The molecule has 0 aliphatic carbocycles. The number of amides is 1. The number of hydrogen-bond donors (Lipinski definition) is 3. The van der Waals surface area contributed by atoms with E-state index < -0.39 is 6.04 Å². The Balaban J connectivity index is 1.77. The molecule has 0 spiro atoms. The van der Waals surface area contributed by atoms with Crippen LogP contribution in [0.15, 0.2) is 41.1 Å². The number of oxazole rings is 1. The number of benzene rings is 1. The summed E-state index contributed by atoms with van der Waals surface area (Å²) in [5, 5.41) is 3.81. The van der Waals surface area contributed by atoms with Crippen molar-refractivity contribution in [3.63, 3.8) is 0 Å². The zero-order chi connectivity index (χ0) is 15.5. The topological polar surface area (TPSA) is 96.9 Å². The normalized spacial score (nSPS) is 12.5. The smallest absolute Gasteiger partial charge is 0.273 e. The Bertz CT molecular complexity index is 790. The maximum atomic E-state index is 11.7. The molecule has 3 aromatic rings. The van der Waals surface area contributed by atoms with Crippen LogP contribution in [-0.2, 0) is 6.42 Å². The van der Waals surface area contributed by atoms with Gasteiger partial charge in [0.15, 0.2) is 5.69 Å². The van der Waals surface area contributed by atoms with Crippen molar-refractivity contribution in [2.75, 3.05) is 6.54 Å². The van der Waals surface area contributed by atoms with E-state index in [9.17, 15) is 4.79 Å². The molecule has 0 saturated heterocycles. The van der Waals surface area contributed by atoms with E-state index in [1.807, 2.05) is 37.4 Å². The number of H-pyrrole nitrogens is 1. The molecule has 1 atom stereocenters. The molecule has 1 unspecified atom stereocenters. The number of hydrogen-bond acceptors (Lipinski definition) is 4. The molecular formula is C16H18N4O2. The third kappa shape index (κ3) is 2.73. The zero-order valence-electron chi connectivity index (χ0n) is 12.3. The van der Waals surface area contributed by atoms with Crippen LogP contribution in [0.4, 0.5) is 0 Å². The predicted octanol–water partition coefficient (Wildman–Crippen LogP) is 2.15. The van der Waals surface area contributed by atoms with Crippen LogP contribution < -0.4 is 11.1 Å². The predicted molar refractivity (Wildman–Crippen MR) is 83.4 cm³/mol. The van der Waals surface area contributed by atoms with Crippen LogP contribution in [0.3, 0.4) is 0 Å². The quantitative estimate of drug-likeness (QED) is 0.672. The Hall–Kier alpha value is -2.60. The minimum Gasteiger partial charge on any atom is -0.446 e. The first-order valence-electron chi connectivity index (χ1n) is 7.23. The first-order chi connectivity index (χ1) is 10.7. The second-order valence-corrected chi connectivity index (χ2v) is 5.10. The molecular weight excluding hydrogens is 280 g/mol. The second kappa shape index (κ2) is 6.03. The fraction of sp³-hybridized carbons (Fsp3) is 0.250. The summed E-state index contributed by atoms with van der Waals surface area (Å²) in [5.74, 6) is 0.114. The number of aromatic nitrogens is 2. The monoisotopic (exact) mass is 298 g/mol. The maximum absolute atomic E-state index is 11.7. The van der Waals surface area contributed by atoms with Crippen molar-refractivity contribution in [1.82, 2.24) is 15.3 Å². The highest BCUT2D eigenvalue weighted by atomic mass is 16.3. The molecule has 0 aliphatic heterocycles. The lowest BCUT2D eigenvalue weighted by Crippen LogP contribution is -2.23. The summed E-state index contributed by atoms with van der Waals surface area (Å²) in [6.07, 6.45) is 3.87. The lowest BCUT2D eigenvalue weighted by atomic mass is 10.1. The average Bonchev–Trinajstić information content (AvgIpc) is 3.15. The molecule has 22 heavy (non-hydrogen) atoms. The van der Waals surface area contributed by atoms with Gasteiger partial charge in [0.05, 0.1) is 6.04 Å². The highest BCUT2D eigenvalue weighted by molar-refractivity contribution is 5.91. The van der Waals surface area contributed by atoms with Crippen molar-refractivity contribution in [3.8, 4) is 0 Å². The van der Waals surface area contributed by atoms with Gasteiger partial charge in [0.2, 0.25) is 5.89 Å². The summed E-state index contributed by atoms with van der Waals surface area (Å²) in [6, 6.07) is 7.63. The van der Waals surface area contributed by atoms with Gasteiger partial charge in [0, 0.05) is 23.6 Å². The van der Waals surface area contributed by atoms with Crippen molar-refractivity contribution in [2.45, 2.75) is 19.4 Å². The summed E-state index contributed by atoms with van der Waals surface area (Å²) < 4.78 is 5.35. The van der Waals surface area contributed by atoms with Crippen LogP contribution >= 0.6 is 0 Å². The van der Waals surface area contributed by atoms with Crippen LogP contribution in [0.2, 0.25) is 0 Å². The van der Waals surface area contributed by atoms with E-state index in [4.69, 9.17) is 10.2 Å². The van der Waals surface area contributed by atoms with E-state index in [2.05, 4.69) is 15.3 Å². The van der Waals surface area contributed by atoms with Crippen LogP contribution in [-0.4, -0.2) is 22.4 Å². The van der Waals surface area contributed by atoms with E-state index in [-0.39, 0.29) is 11.6 Å². The van der Waals surface area contributed by atoms with Gasteiger partial charge in [0.25, 0.3) is 5.91 Å². The lowest BCUT2D eigenvalue weighted by Gasteiger charge is -2.06. The standard InChI is InChI=1S/C16H18N4O2/c1-2-18-15(21)14-9-22-16(20-14)12(17)7-10-8-19-13-6-4-3-5-11(10)13/h3-6,8-9,12,19H,2,7,17H2,1H3,(H,18,21). The summed E-state index contributed by atoms with van der Waals surface area (Å²) >= 11 is 0. The summed E-state index contributed by atoms with van der Waals surface area (Å²) in [5.41, 5.74) is 8.59. The average molecular weight is 298 g/mol. The number of carbonyl (C=O) groups is 1. The molecule has 3 rings (SSSR count). The van der Waals surface area contributed by atoms with Crippen LogP contribution in [0.25, 0.3) is 10.9 Å². The van der Waals surface area contributed by atoms with Crippen molar-refractivity contribution >= 4 is 16.8 Å². The van der Waals surface area contributed by atoms with Crippen LogP contribution in [0.1, 0.15) is 34.9 Å². The Kier molecular flexibility index (Phi) is 3.93. The van der Waals surface area contributed by atoms with Gasteiger partial charge in [-0.25, -0.2) is 4.98 Å². The van der Waals surface area contributed by atoms with Gasteiger partial charge in [0.1, 0.15) is 6.26 Å². The summed E-state index contributed by atoms with van der Waals surface area (Å²) in [4.78, 5) is 19.1. The first-order valence-corrected chi connectivity index (χ1v) is 7.23. The zero-order valence-corrected chi connectivity index (χ0v) is 12.3. The number of nitrogens with two attached hydrogens (primary N) is 1. The van der Waals surface area contributed by atoms with E-state index in [1.165, 1.54) is 6.26 Å². The van der Waals surface area contributed by atoms with E-state index >= 15 is 0 Å². The van der Waals surface area contributed by atoms with E-state index in [0.29, 0.717) is 18.9 Å². The molecule has 2 heterocycles. The number of para-hydroxylation sites is 1. The van der Waals surface area contributed by atoms with E-state index in [0.717, 1.165) is 16.5 Å². The minimum absolute atomic E-state index is 0.253. The molecule has 0 fully saturated rings. The second-order valence-electron chi connectivity index (χ2n) is 5.10. The van der Waals surface area contributed by atoms with Gasteiger partial charge >= 0.3 is 0 Å². The van der Waals surface area contributed by atoms with Crippen molar-refractivity contribution in [1.29, 1.82) is 0 Å². The fourth-order valence-corrected chi connectivity index (χ4v) is 2.44. The number of rotatable bonds is 5. The Morgan fingerprint density at radius 1 is 1.45 bits per heavy atom. The highest BCUT2D eigenvalue weighted by Crippen LogP contribution is 2.23. The molecule has 4 N–H and O–H groups in total. The van der Waals surface area contributed by atoms with Gasteiger partial charge in [-0.05, 0) is 25.0 Å². The number of fused-ring (bicyclic) bond motifs is 1. The molecule has 0 bridgehead atoms. The van der Waals surface area contributed by atoms with Gasteiger partial charge in [-0.2, -0.15) is 0 Å². The molecule has 1 amide bonds. The third-order valence-electron chi connectivity index (χ3n) is 3.52. The third-order valence-corrected chi connectivity index (χ3v) is 3.52. The van der Waals surface area contributed by atoms with Gasteiger partial charge in [-0.1, -0.05) is 18.2 Å². The van der Waals surface area contributed by atoms with Crippen LogP contribution in [0.5, 0.6) is 0 Å².